The molecule has 1 aliphatic rings. The van der Waals surface area contributed by atoms with Gasteiger partial charge in [0.15, 0.2) is 0 Å². The van der Waals surface area contributed by atoms with Crippen molar-refractivity contribution in [2.45, 2.75) is 45.0 Å². The summed E-state index contributed by atoms with van der Waals surface area (Å²) in [6.07, 6.45) is -5.50. The summed E-state index contributed by atoms with van der Waals surface area (Å²) in [5.41, 5.74) is 4.63. The highest BCUT2D eigenvalue weighted by molar-refractivity contribution is 7.80. The summed E-state index contributed by atoms with van der Waals surface area (Å²) in [7, 11) is 0. The Morgan fingerprint density at radius 3 is 2.26 bits per heavy atom. The quantitative estimate of drug-likeness (QED) is 0.756. The number of halogens is 3. The molecule has 1 amide bonds. The molecule has 1 rings (SSSR count). The Balaban J connectivity index is 2.86. The Kier molecular flexibility index (Phi) is 4.33. The van der Waals surface area contributed by atoms with Crippen LogP contribution < -0.4 is 5.73 Å². The second-order valence-electron chi connectivity index (χ2n) is 5.53. The van der Waals surface area contributed by atoms with Crippen molar-refractivity contribution in [3.63, 3.8) is 0 Å². The highest BCUT2D eigenvalue weighted by Crippen LogP contribution is 2.37. The van der Waals surface area contributed by atoms with Gasteiger partial charge in [0, 0.05) is 6.54 Å². The fourth-order valence-corrected chi connectivity index (χ4v) is 2.09. The molecule has 0 aliphatic carbocycles. The molecule has 8 heteroatoms. The van der Waals surface area contributed by atoms with Crippen LogP contribution in [0.25, 0.3) is 0 Å². The van der Waals surface area contributed by atoms with Gasteiger partial charge < -0.3 is 10.5 Å². The maximum atomic E-state index is 12.7. The molecule has 1 fully saturated rings. The molecule has 0 unspecified atom stereocenters. The molecule has 19 heavy (non-hydrogen) atoms. The van der Waals surface area contributed by atoms with E-state index in [9.17, 15) is 18.0 Å². The maximum Gasteiger partial charge on any atom is 0.410 e. The number of nitrogens with two attached hydrogens (primary N) is 1. The number of thiocarbonyl (C=S) groups is 1. The van der Waals surface area contributed by atoms with Gasteiger partial charge in [-0.3, -0.25) is 4.90 Å². The molecule has 1 heterocycles. The van der Waals surface area contributed by atoms with E-state index in [1.165, 1.54) is 0 Å². The number of hydrogen-bond acceptors (Lipinski definition) is 3. The lowest BCUT2D eigenvalue weighted by molar-refractivity contribution is -0.170. The maximum absolute atomic E-state index is 12.7. The summed E-state index contributed by atoms with van der Waals surface area (Å²) >= 11 is 4.73. The molecular weight excluding hydrogens is 281 g/mol. The minimum atomic E-state index is -4.38. The first-order chi connectivity index (χ1) is 8.42. The third-order valence-electron chi connectivity index (χ3n) is 2.72. The topological polar surface area (TPSA) is 55.6 Å². The van der Waals surface area contributed by atoms with E-state index < -0.39 is 36.4 Å². The SMILES string of the molecule is CC(C)(C)OC(=O)N1C[C@@H](C(F)(F)F)C[C@H]1C(N)=S. The van der Waals surface area contributed by atoms with E-state index in [1.807, 2.05) is 0 Å². The second kappa shape index (κ2) is 5.15. The zero-order valence-electron chi connectivity index (χ0n) is 11.0. The van der Waals surface area contributed by atoms with Crippen molar-refractivity contribution < 1.29 is 22.7 Å². The molecular formula is C11H17F3N2O2S. The van der Waals surface area contributed by atoms with Crippen molar-refractivity contribution in [2.24, 2.45) is 11.7 Å². The normalized spacial score (nSPS) is 24.4. The molecule has 4 nitrogen and oxygen atoms in total. The predicted octanol–water partition coefficient (Wildman–Crippen LogP) is 2.46. The van der Waals surface area contributed by atoms with Crippen LogP contribution in [0.1, 0.15) is 27.2 Å². The van der Waals surface area contributed by atoms with E-state index in [1.54, 1.807) is 20.8 Å². The van der Waals surface area contributed by atoms with E-state index in [0.717, 1.165) is 4.90 Å². The van der Waals surface area contributed by atoms with Crippen molar-refractivity contribution in [3.8, 4) is 0 Å². The monoisotopic (exact) mass is 298 g/mol. The number of nitrogens with zero attached hydrogens (tertiary/aromatic N) is 1. The summed E-state index contributed by atoms with van der Waals surface area (Å²) in [5.74, 6) is -1.62. The van der Waals surface area contributed by atoms with Crippen LogP contribution in [0.5, 0.6) is 0 Å². The highest BCUT2D eigenvalue weighted by atomic mass is 32.1. The summed E-state index contributed by atoms with van der Waals surface area (Å²) in [6.45, 7) is 4.44. The minimum Gasteiger partial charge on any atom is -0.444 e. The number of rotatable bonds is 1. The fourth-order valence-electron chi connectivity index (χ4n) is 1.87. The first-order valence-corrected chi connectivity index (χ1v) is 6.18. The fraction of sp³-hybridized carbons (Fsp3) is 0.818. The first-order valence-electron chi connectivity index (χ1n) is 5.77. The largest absolute Gasteiger partial charge is 0.444 e. The Morgan fingerprint density at radius 2 is 1.89 bits per heavy atom. The van der Waals surface area contributed by atoms with Crippen molar-refractivity contribution in [1.29, 1.82) is 0 Å². The van der Waals surface area contributed by atoms with Gasteiger partial charge in [0.1, 0.15) is 5.60 Å². The lowest BCUT2D eigenvalue weighted by atomic mass is 10.1. The zero-order chi connectivity index (χ0) is 15.0. The van der Waals surface area contributed by atoms with Gasteiger partial charge in [0.05, 0.1) is 16.9 Å². The minimum absolute atomic E-state index is 0.127. The lowest BCUT2D eigenvalue weighted by Gasteiger charge is -2.28. The summed E-state index contributed by atoms with van der Waals surface area (Å²) in [4.78, 5) is 12.7. The Bertz CT molecular complexity index is 379. The number of alkyl halides is 3. The zero-order valence-corrected chi connectivity index (χ0v) is 11.8. The van der Waals surface area contributed by atoms with Gasteiger partial charge in [-0.25, -0.2) is 4.79 Å². The lowest BCUT2D eigenvalue weighted by Crippen LogP contribution is -2.45. The summed E-state index contributed by atoms with van der Waals surface area (Å²) in [5, 5.41) is 0. The molecule has 0 radical (unpaired) electrons. The van der Waals surface area contributed by atoms with E-state index in [2.05, 4.69) is 0 Å². The number of likely N-dealkylation sites (tertiary alicyclic amines) is 1. The van der Waals surface area contributed by atoms with E-state index in [4.69, 9.17) is 22.7 Å². The van der Waals surface area contributed by atoms with Crippen LogP contribution in [0.15, 0.2) is 0 Å². The van der Waals surface area contributed by atoms with Crippen LogP contribution in [0, 0.1) is 5.92 Å². The Labute approximate surface area is 115 Å². The molecule has 2 N–H and O–H groups in total. The van der Waals surface area contributed by atoms with Gasteiger partial charge in [-0.2, -0.15) is 13.2 Å². The third-order valence-corrected chi connectivity index (χ3v) is 2.99. The Hall–Kier alpha value is -1.05. The molecule has 110 valence electrons. The van der Waals surface area contributed by atoms with Crippen LogP contribution in [-0.4, -0.2) is 40.3 Å². The first kappa shape index (κ1) is 16.0. The molecule has 1 aliphatic heterocycles. The third kappa shape index (κ3) is 4.22. The van der Waals surface area contributed by atoms with Crippen LogP contribution >= 0.6 is 12.2 Å². The second-order valence-corrected chi connectivity index (χ2v) is 6.00. The van der Waals surface area contributed by atoms with Crippen molar-refractivity contribution in [1.82, 2.24) is 4.90 Å². The molecule has 0 saturated carbocycles. The average molecular weight is 298 g/mol. The average Bonchev–Trinajstić information content (AvgIpc) is 2.57. The van der Waals surface area contributed by atoms with Crippen molar-refractivity contribution >= 4 is 23.3 Å². The standard InChI is InChI=1S/C11H17F3N2O2S/c1-10(2,3)18-9(17)16-5-6(11(12,13)14)4-7(16)8(15)19/h6-7H,4-5H2,1-3H3,(H2,15,19)/t6-,7-/m0/s1. The molecule has 0 aromatic rings. The van der Waals surface area contributed by atoms with E-state index in [0.29, 0.717) is 0 Å². The molecule has 0 aromatic heterocycles. The predicted molar refractivity (Wildman–Crippen MR) is 67.7 cm³/mol. The number of hydrogen-bond donors (Lipinski definition) is 1. The van der Waals surface area contributed by atoms with Gasteiger partial charge in [0.2, 0.25) is 0 Å². The van der Waals surface area contributed by atoms with E-state index in [-0.39, 0.29) is 11.4 Å². The van der Waals surface area contributed by atoms with Crippen LogP contribution in [-0.2, 0) is 4.74 Å². The van der Waals surface area contributed by atoms with Gasteiger partial charge in [0.25, 0.3) is 0 Å². The van der Waals surface area contributed by atoms with Crippen LogP contribution in [0.3, 0.4) is 0 Å². The van der Waals surface area contributed by atoms with Gasteiger partial charge in [-0.15, -0.1) is 0 Å². The van der Waals surface area contributed by atoms with Gasteiger partial charge in [-0.1, -0.05) is 12.2 Å². The number of ether oxygens (including phenoxy) is 1. The molecule has 0 spiro atoms. The Morgan fingerprint density at radius 1 is 1.37 bits per heavy atom. The number of amides is 1. The summed E-state index contributed by atoms with van der Waals surface area (Å²) in [6, 6.07) is -0.906. The van der Waals surface area contributed by atoms with Crippen LogP contribution in [0.2, 0.25) is 0 Å². The van der Waals surface area contributed by atoms with E-state index >= 15 is 0 Å². The number of carbonyl (C=O) groups excluding carboxylic acids is 1. The molecule has 2 atom stereocenters. The number of carbonyl (C=O) groups is 1. The van der Waals surface area contributed by atoms with Crippen molar-refractivity contribution in [3.05, 3.63) is 0 Å². The van der Waals surface area contributed by atoms with Crippen molar-refractivity contribution in [2.75, 3.05) is 6.54 Å². The molecule has 0 aromatic carbocycles. The smallest absolute Gasteiger partial charge is 0.410 e. The highest BCUT2D eigenvalue weighted by Gasteiger charge is 2.50. The van der Waals surface area contributed by atoms with Gasteiger partial charge >= 0.3 is 12.3 Å². The summed E-state index contributed by atoms with van der Waals surface area (Å²) < 4.78 is 43.2. The van der Waals surface area contributed by atoms with Crippen LogP contribution in [0.4, 0.5) is 18.0 Å². The molecule has 0 bridgehead atoms. The molecule has 1 saturated heterocycles. The van der Waals surface area contributed by atoms with Gasteiger partial charge in [-0.05, 0) is 27.2 Å².